The van der Waals surface area contributed by atoms with Crippen LogP contribution < -0.4 is 10.6 Å². The van der Waals surface area contributed by atoms with Gasteiger partial charge in [0.05, 0.1) is 23.0 Å². The highest BCUT2D eigenvalue weighted by Gasteiger charge is 2.30. The van der Waals surface area contributed by atoms with Crippen LogP contribution in [0.1, 0.15) is 13.3 Å². The number of anilines is 2. The van der Waals surface area contributed by atoms with Crippen LogP contribution in [0.5, 0.6) is 0 Å². The van der Waals surface area contributed by atoms with Gasteiger partial charge in [0.25, 0.3) is 5.91 Å². The maximum absolute atomic E-state index is 12.2. The summed E-state index contributed by atoms with van der Waals surface area (Å²) in [5.74, 6) is -1.44. The third-order valence-corrected chi connectivity index (χ3v) is 5.33. The number of pyridine rings is 1. The number of esters is 1. The van der Waals surface area contributed by atoms with Crippen molar-refractivity contribution >= 4 is 52.5 Å². The zero-order chi connectivity index (χ0) is 19.4. The van der Waals surface area contributed by atoms with Crippen molar-refractivity contribution in [3.8, 4) is 0 Å². The van der Waals surface area contributed by atoms with E-state index in [9.17, 15) is 14.4 Å². The molecular weight excluding hydrogens is 390 g/mol. The Morgan fingerprint density at radius 3 is 2.89 bits per heavy atom. The quantitative estimate of drug-likeness (QED) is 0.586. The van der Waals surface area contributed by atoms with Gasteiger partial charge in [-0.25, -0.2) is 4.98 Å². The van der Waals surface area contributed by atoms with E-state index in [1.807, 2.05) is 18.2 Å². The average molecular weight is 406 g/mol. The predicted molar refractivity (Wildman–Crippen MR) is 103 cm³/mol. The topological polar surface area (TPSA) is 97.4 Å². The summed E-state index contributed by atoms with van der Waals surface area (Å²) >= 11 is 7.18. The molecule has 3 rings (SSSR count). The molecular formula is C18H16ClN3O4S. The van der Waals surface area contributed by atoms with Crippen molar-refractivity contribution in [2.24, 2.45) is 0 Å². The Kier molecular flexibility index (Phi) is 5.98. The van der Waals surface area contributed by atoms with Crippen molar-refractivity contribution in [2.75, 3.05) is 10.6 Å². The largest absolute Gasteiger partial charge is 0.452 e. The number of carbonyl (C=O) groups is 3. The van der Waals surface area contributed by atoms with Gasteiger partial charge in [0.15, 0.2) is 11.3 Å². The first-order chi connectivity index (χ1) is 12.9. The van der Waals surface area contributed by atoms with E-state index in [1.54, 1.807) is 18.2 Å². The first kappa shape index (κ1) is 19.2. The molecule has 0 fully saturated rings. The molecule has 1 aromatic carbocycles. The molecule has 0 radical (unpaired) electrons. The number of aromatic nitrogens is 1. The summed E-state index contributed by atoms with van der Waals surface area (Å²) in [7, 11) is 0. The van der Waals surface area contributed by atoms with Gasteiger partial charge >= 0.3 is 5.97 Å². The van der Waals surface area contributed by atoms with Crippen molar-refractivity contribution < 1.29 is 19.1 Å². The summed E-state index contributed by atoms with van der Waals surface area (Å²) in [6, 6.07) is 10.5. The molecule has 2 atom stereocenters. The van der Waals surface area contributed by atoms with E-state index in [0.29, 0.717) is 5.69 Å². The van der Waals surface area contributed by atoms with Crippen LogP contribution in [-0.4, -0.2) is 34.1 Å². The number of hydrogen-bond acceptors (Lipinski definition) is 6. The van der Waals surface area contributed by atoms with Crippen molar-refractivity contribution in [1.29, 1.82) is 0 Å². The van der Waals surface area contributed by atoms with Gasteiger partial charge in [0, 0.05) is 11.1 Å². The van der Waals surface area contributed by atoms with Gasteiger partial charge in [0.1, 0.15) is 0 Å². The number of amides is 2. The van der Waals surface area contributed by atoms with Crippen molar-refractivity contribution in [3.63, 3.8) is 0 Å². The van der Waals surface area contributed by atoms with Gasteiger partial charge < -0.3 is 15.4 Å². The fourth-order valence-electron chi connectivity index (χ4n) is 2.39. The van der Waals surface area contributed by atoms with Crippen molar-refractivity contribution in [1.82, 2.24) is 4.98 Å². The van der Waals surface area contributed by atoms with E-state index in [4.69, 9.17) is 16.3 Å². The number of benzene rings is 1. The van der Waals surface area contributed by atoms with Gasteiger partial charge in [-0.3, -0.25) is 14.4 Å². The Morgan fingerprint density at radius 1 is 1.33 bits per heavy atom. The maximum Gasteiger partial charge on any atom is 0.308 e. The lowest BCUT2D eigenvalue weighted by Crippen LogP contribution is -2.34. The molecule has 1 aromatic heterocycles. The highest BCUT2D eigenvalue weighted by molar-refractivity contribution is 8.01. The minimum Gasteiger partial charge on any atom is -0.452 e. The van der Waals surface area contributed by atoms with Gasteiger partial charge in [-0.15, -0.1) is 11.8 Å². The number of hydrogen-bond donors (Lipinski definition) is 2. The Morgan fingerprint density at radius 2 is 2.11 bits per heavy atom. The number of rotatable bonds is 5. The SMILES string of the molecule is C[C@@H](OC(=O)C[C@@H]1Sc2ccccc2NC1=O)C(=O)Nc1cccnc1Cl. The van der Waals surface area contributed by atoms with E-state index in [-0.39, 0.29) is 17.5 Å². The first-order valence-corrected chi connectivity index (χ1v) is 9.37. The number of nitrogens with one attached hydrogen (secondary N) is 2. The number of ether oxygens (including phenoxy) is 1. The zero-order valence-corrected chi connectivity index (χ0v) is 15.8. The number of halogens is 1. The lowest BCUT2D eigenvalue weighted by Gasteiger charge is -2.23. The monoisotopic (exact) mass is 405 g/mol. The van der Waals surface area contributed by atoms with Crippen LogP contribution >= 0.6 is 23.4 Å². The average Bonchev–Trinajstić information content (AvgIpc) is 2.64. The van der Waals surface area contributed by atoms with E-state index in [1.165, 1.54) is 24.9 Å². The van der Waals surface area contributed by atoms with Gasteiger partial charge in [-0.1, -0.05) is 23.7 Å². The second-order valence-corrected chi connectivity index (χ2v) is 7.36. The molecule has 7 nitrogen and oxygen atoms in total. The maximum atomic E-state index is 12.2. The van der Waals surface area contributed by atoms with Crippen LogP contribution in [0.3, 0.4) is 0 Å². The van der Waals surface area contributed by atoms with Crippen LogP contribution in [0.4, 0.5) is 11.4 Å². The summed E-state index contributed by atoms with van der Waals surface area (Å²) in [5.41, 5.74) is 1.05. The van der Waals surface area contributed by atoms with E-state index >= 15 is 0 Å². The third-order valence-electron chi connectivity index (χ3n) is 3.75. The van der Waals surface area contributed by atoms with E-state index in [0.717, 1.165) is 10.6 Å². The molecule has 140 valence electrons. The zero-order valence-electron chi connectivity index (χ0n) is 14.3. The molecule has 2 heterocycles. The van der Waals surface area contributed by atoms with Crippen LogP contribution in [0.15, 0.2) is 47.5 Å². The molecule has 2 N–H and O–H groups in total. The fourth-order valence-corrected chi connectivity index (χ4v) is 3.65. The summed E-state index contributed by atoms with van der Waals surface area (Å²) < 4.78 is 5.16. The Balaban J connectivity index is 1.55. The highest BCUT2D eigenvalue weighted by atomic mass is 35.5. The molecule has 0 saturated carbocycles. The molecule has 0 unspecified atom stereocenters. The van der Waals surface area contributed by atoms with Gasteiger partial charge in [-0.2, -0.15) is 0 Å². The smallest absolute Gasteiger partial charge is 0.308 e. The Hall–Kier alpha value is -2.58. The lowest BCUT2D eigenvalue weighted by atomic mass is 10.2. The third kappa shape index (κ3) is 4.78. The number of fused-ring (bicyclic) bond motifs is 1. The summed E-state index contributed by atoms with van der Waals surface area (Å²) in [5, 5.41) is 4.83. The Labute approximate surface area is 164 Å². The molecule has 0 saturated heterocycles. The molecule has 9 heteroatoms. The van der Waals surface area contributed by atoms with Crippen LogP contribution in [0.2, 0.25) is 5.15 Å². The number of nitrogens with zero attached hydrogens (tertiary/aromatic N) is 1. The molecule has 0 aliphatic carbocycles. The number of thioether (sulfide) groups is 1. The molecule has 0 spiro atoms. The molecule has 2 aromatic rings. The summed E-state index contributed by atoms with van der Waals surface area (Å²) in [6.07, 6.45) is 0.306. The van der Waals surface area contributed by atoms with Gasteiger partial charge in [0.2, 0.25) is 5.91 Å². The summed E-state index contributed by atoms with van der Waals surface area (Å²) in [4.78, 5) is 41.2. The molecule has 27 heavy (non-hydrogen) atoms. The standard InChI is InChI=1S/C18H16ClN3O4S/c1-10(17(24)22-12-6-4-8-20-16(12)19)26-15(23)9-14-18(25)21-11-5-2-3-7-13(11)27-14/h2-8,10,14H,9H2,1H3,(H,21,25)(H,22,24)/t10-,14+/m1/s1. The molecule has 1 aliphatic rings. The number of para-hydroxylation sites is 1. The minimum absolute atomic E-state index is 0.137. The Bertz CT molecular complexity index is 892. The highest BCUT2D eigenvalue weighted by Crippen LogP contribution is 2.36. The van der Waals surface area contributed by atoms with Crippen molar-refractivity contribution in [2.45, 2.75) is 29.6 Å². The van der Waals surface area contributed by atoms with Crippen molar-refractivity contribution in [3.05, 3.63) is 47.7 Å². The summed E-state index contributed by atoms with van der Waals surface area (Å²) in [6.45, 7) is 1.45. The second kappa shape index (κ2) is 8.41. The van der Waals surface area contributed by atoms with E-state index < -0.39 is 23.2 Å². The fraction of sp³-hybridized carbons (Fsp3) is 0.222. The lowest BCUT2D eigenvalue weighted by molar-refractivity contribution is -0.153. The van der Waals surface area contributed by atoms with Crippen LogP contribution in [0, 0.1) is 0 Å². The number of carbonyl (C=O) groups excluding carboxylic acids is 3. The van der Waals surface area contributed by atoms with Gasteiger partial charge in [-0.05, 0) is 31.2 Å². The second-order valence-electron chi connectivity index (χ2n) is 5.76. The van der Waals surface area contributed by atoms with E-state index in [2.05, 4.69) is 15.6 Å². The predicted octanol–water partition coefficient (Wildman–Crippen LogP) is 3.11. The molecule has 0 bridgehead atoms. The first-order valence-electron chi connectivity index (χ1n) is 8.11. The van der Waals surface area contributed by atoms with Crippen LogP contribution in [-0.2, 0) is 19.1 Å². The van der Waals surface area contributed by atoms with Crippen LogP contribution in [0.25, 0.3) is 0 Å². The molecule has 1 aliphatic heterocycles. The molecule has 2 amide bonds. The minimum atomic E-state index is -1.04. The normalized spacial score (nSPS) is 16.7.